The van der Waals surface area contributed by atoms with E-state index in [0.717, 1.165) is 32.1 Å². The van der Waals surface area contributed by atoms with E-state index in [2.05, 4.69) is 69.2 Å². The highest BCUT2D eigenvalue weighted by atomic mass is 127. The van der Waals surface area contributed by atoms with Crippen LogP contribution in [0.1, 0.15) is 34.6 Å². The zero-order valence-corrected chi connectivity index (χ0v) is 16.0. The summed E-state index contributed by atoms with van der Waals surface area (Å²) < 4.78 is 0. The van der Waals surface area contributed by atoms with Gasteiger partial charge in [0, 0.05) is 26.2 Å². The molecular weight excluding hydrogens is 351 g/mol. The molecule has 0 saturated heterocycles. The monoisotopic (exact) mass is 384 g/mol. The minimum Gasteiger partial charge on any atom is -0.357 e. The number of rotatable bonds is 7. The first-order valence-electron chi connectivity index (χ1n) is 6.93. The summed E-state index contributed by atoms with van der Waals surface area (Å²) in [6.07, 6.45) is 0. The first-order chi connectivity index (χ1) is 8.26. The van der Waals surface area contributed by atoms with E-state index >= 15 is 0 Å². The molecule has 116 valence electrons. The third-order valence-corrected chi connectivity index (χ3v) is 2.43. The minimum absolute atomic E-state index is 0. The number of halogens is 1. The van der Waals surface area contributed by atoms with Gasteiger partial charge in [-0.25, -0.2) is 0 Å². The fourth-order valence-corrected chi connectivity index (χ4v) is 1.84. The highest BCUT2D eigenvalue weighted by Gasteiger charge is 2.18. The van der Waals surface area contributed by atoms with Crippen LogP contribution in [0.2, 0.25) is 0 Å². The van der Waals surface area contributed by atoms with E-state index in [-0.39, 0.29) is 29.4 Å². The van der Waals surface area contributed by atoms with Gasteiger partial charge >= 0.3 is 0 Å². The summed E-state index contributed by atoms with van der Waals surface area (Å²) in [5.41, 5.74) is 0.198. The molecule has 0 unspecified atom stereocenters. The van der Waals surface area contributed by atoms with E-state index in [9.17, 15) is 0 Å². The SMILES string of the molecule is CCNC(=NCC(C)(C)CN(C)C)NCC(C)C.I. The van der Waals surface area contributed by atoms with Gasteiger partial charge in [-0.1, -0.05) is 27.7 Å². The lowest BCUT2D eigenvalue weighted by molar-refractivity contribution is 0.248. The van der Waals surface area contributed by atoms with Crippen molar-refractivity contribution in [3.8, 4) is 0 Å². The van der Waals surface area contributed by atoms with Gasteiger partial charge in [-0.15, -0.1) is 24.0 Å². The highest BCUT2D eigenvalue weighted by molar-refractivity contribution is 14.0. The summed E-state index contributed by atoms with van der Waals surface area (Å²) in [5, 5.41) is 6.66. The summed E-state index contributed by atoms with van der Waals surface area (Å²) in [7, 11) is 4.21. The van der Waals surface area contributed by atoms with Crippen molar-refractivity contribution in [2.75, 3.05) is 40.3 Å². The van der Waals surface area contributed by atoms with E-state index in [0.29, 0.717) is 5.92 Å². The van der Waals surface area contributed by atoms with Gasteiger partial charge in [-0.05, 0) is 32.4 Å². The summed E-state index contributed by atoms with van der Waals surface area (Å²) in [5.74, 6) is 1.56. The van der Waals surface area contributed by atoms with Crippen molar-refractivity contribution in [2.45, 2.75) is 34.6 Å². The molecule has 0 atom stereocenters. The molecule has 4 nitrogen and oxygen atoms in total. The molecule has 0 bridgehead atoms. The van der Waals surface area contributed by atoms with Crippen molar-refractivity contribution in [3.63, 3.8) is 0 Å². The maximum absolute atomic E-state index is 4.68. The second kappa shape index (κ2) is 10.7. The van der Waals surface area contributed by atoms with Crippen molar-refractivity contribution in [1.82, 2.24) is 15.5 Å². The molecule has 0 aromatic heterocycles. The quantitative estimate of drug-likeness (QED) is 0.402. The highest BCUT2D eigenvalue weighted by Crippen LogP contribution is 2.15. The normalized spacial score (nSPS) is 12.6. The third kappa shape index (κ3) is 12.7. The first-order valence-corrected chi connectivity index (χ1v) is 6.93. The predicted molar refractivity (Wildman–Crippen MR) is 96.6 cm³/mol. The van der Waals surface area contributed by atoms with Crippen LogP contribution >= 0.6 is 24.0 Å². The van der Waals surface area contributed by atoms with Crippen LogP contribution < -0.4 is 10.6 Å². The Balaban J connectivity index is 0. The summed E-state index contributed by atoms with van der Waals surface area (Å²) in [6.45, 7) is 14.7. The fourth-order valence-electron chi connectivity index (χ4n) is 1.84. The van der Waals surface area contributed by atoms with Crippen LogP contribution in [0.15, 0.2) is 4.99 Å². The number of nitrogens with zero attached hydrogens (tertiary/aromatic N) is 2. The smallest absolute Gasteiger partial charge is 0.191 e. The second-order valence-electron chi connectivity index (χ2n) is 6.37. The Morgan fingerprint density at radius 3 is 2.21 bits per heavy atom. The van der Waals surface area contributed by atoms with Crippen molar-refractivity contribution in [1.29, 1.82) is 0 Å². The number of nitrogens with one attached hydrogen (secondary N) is 2. The van der Waals surface area contributed by atoms with Crippen molar-refractivity contribution >= 4 is 29.9 Å². The summed E-state index contributed by atoms with van der Waals surface area (Å²) in [6, 6.07) is 0. The zero-order valence-electron chi connectivity index (χ0n) is 13.7. The maximum Gasteiger partial charge on any atom is 0.191 e. The molecule has 0 fully saturated rings. The van der Waals surface area contributed by atoms with Crippen LogP contribution in [0.4, 0.5) is 0 Å². The Morgan fingerprint density at radius 1 is 1.21 bits per heavy atom. The lowest BCUT2D eigenvalue weighted by atomic mass is 9.93. The molecule has 0 aromatic rings. The topological polar surface area (TPSA) is 39.7 Å². The van der Waals surface area contributed by atoms with Gasteiger partial charge in [0.15, 0.2) is 5.96 Å². The van der Waals surface area contributed by atoms with E-state index in [1.807, 2.05) is 0 Å². The average molecular weight is 384 g/mol. The van der Waals surface area contributed by atoms with Gasteiger partial charge in [-0.3, -0.25) is 4.99 Å². The van der Waals surface area contributed by atoms with Crippen LogP contribution in [-0.2, 0) is 0 Å². The van der Waals surface area contributed by atoms with Crippen LogP contribution in [0.5, 0.6) is 0 Å². The third-order valence-electron chi connectivity index (χ3n) is 2.43. The standard InChI is InChI=1S/C14H32N4.HI/c1-8-15-13(16-9-12(2)3)17-10-14(4,5)11-18(6)7;/h12H,8-11H2,1-7H3,(H2,15,16,17);1H. The molecule has 0 aliphatic rings. The fraction of sp³-hybridized carbons (Fsp3) is 0.929. The largest absolute Gasteiger partial charge is 0.357 e. The first kappa shape index (κ1) is 21.3. The van der Waals surface area contributed by atoms with Gasteiger partial charge in [0.2, 0.25) is 0 Å². The molecule has 0 amide bonds. The molecule has 0 aliphatic carbocycles. The predicted octanol–water partition coefficient (Wildman–Crippen LogP) is 2.40. The minimum atomic E-state index is 0. The van der Waals surface area contributed by atoms with E-state index in [1.165, 1.54) is 0 Å². The average Bonchev–Trinajstić information content (AvgIpc) is 2.20. The van der Waals surface area contributed by atoms with Crippen LogP contribution in [0.3, 0.4) is 0 Å². The van der Waals surface area contributed by atoms with E-state index in [4.69, 9.17) is 0 Å². The molecule has 0 spiro atoms. The van der Waals surface area contributed by atoms with Gasteiger partial charge < -0.3 is 15.5 Å². The van der Waals surface area contributed by atoms with Crippen LogP contribution in [0, 0.1) is 11.3 Å². The molecule has 0 saturated carbocycles. The Morgan fingerprint density at radius 2 is 1.79 bits per heavy atom. The maximum atomic E-state index is 4.68. The molecular formula is C14H33IN4. The molecule has 19 heavy (non-hydrogen) atoms. The van der Waals surface area contributed by atoms with Crippen LogP contribution in [0.25, 0.3) is 0 Å². The van der Waals surface area contributed by atoms with Gasteiger partial charge in [0.05, 0.1) is 0 Å². The molecule has 0 aromatic carbocycles. The number of hydrogen-bond donors (Lipinski definition) is 2. The molecule has 0 radical (unpaired) electrons. The molecule has 0 heterocycles. The summed E-state index contributed by atoms with van der Waals surface area (Å²) >= 11 is 0. The Bertz CT molecular complexity index is 250. The van der Waals surface area contributed by atoms with Crippen molar-refractivity contribution in [3.05, 3.63) is 0 Å². The lowest BCUT2D eigenvalue weighted by Gasteiger charge is -2.27. The zero-order chi connectivity index (χ0) is 14.2. The number of guanidine groups is 1. The lowest BCUT2D eigenvalue weighted by Crippen LogP contribution is -2.40. The number of hydrogen-bond acceptors (Lipinski definition) is 2. The van der Waals surface area contributed by atoms with Gasteiger partial charge in [0.25, 0.3) is 0 Å². The van der Waals surface area contributed by atoms with E-state index in [1.54, 1.807) is 0 Å². The Kier molecular flexibility index (Phi) is 12.0. The van der Waals surface area contributed by atoms with Gasteiger partial charge in [0.1, 0.15) is 0 Å². The summed E-state index contributed by atoms with van der Waals surface area (Å²) in [4.78, 5) is 6.89. The Labute approximate surface area is 136 Å². The molecule has 0 rings (SSSR count). The Hall–Kier alpha value is -0.0400. The molecule has 5 heteroatoms. The molecule has 0 aliphatic heterocycles. The van der Waals surface area contributed by atoms with E-state index < -0.39 is 0 Å². The van der Waals surface area contributed by atoms with Crippen LogP contribution in [-0.4, -0.2) is 51.1 Å². The molecule has 2 N–H and O–H groups in total. The van der Waals surface area contributed by atoms with Crippen molar-refractivity contribution < 1.29 is 0 Å². The second-order valence-corrected chi connectivity index (χ2v) is 6.37. The van der Waals surface area contributed by atoms with Crippen molar-refractivity contribution in [2.24, 2.45) is 16.3 Å². The number of aliphatic imine (C=N–C) groups is 1. The van der Waals surface area contributed by atoms with Gasteiger partial charge in [-0.2, -0.15) is 0 Å².